The van der Waals surface area contributed by atoms with Crippen molar-refractivity contribution in [1.82, 2.24) is 15.1 Å². The van der Waals surface area contributed by atoms with Gasteiger partial charge in [0.15, 0.2) is 0 Å². The first kappa shape index (κ1) is 20.8. The predicted molar refractivity (Wildman–Crippen MR) is 118 cm³/mol. The molecule has 0 aliphatic rings. The van der Waals surface area contributed by atoms with Gasteiger partial charge >= 0.3 is 0 Å². The summed E-state index contributed by atoms with van der Waals surface area (Å²) in [5.41, 5.74) is 5.39. The van der Waals surface area contributed by atoms with Crippen LogP contribution in [0, 0.1) is 19.8 Å². The fourth-order valence-corrected chi connectivity index (χ4v) is 3.71. The Bertz CT molecular complexity index is 929. The summed E-state index contributed by atoms with van der Waals surface area (Å²) < 4.78 is 2.03. The summed E-state index contributed by atoms with van der Waals surface area (Å²) in [5.74, 6) is 0.549. The average Bonchev–Trinajstić information content (AvgIpc) is 2.96. The maximum absolute atomic E-state index is 13.0. The highest BCUT2D eigenvalue weighted by Gasteiger charge is 2.19. The predicted octanol–water partition coefficient (Wildman–Crippen LogP) is 4.80. The number of nitrogens with one attached hydrogen (secondary N) is 1. The Hall–Kier alpha value is -2.88. The molecule has 3 aromatic rings. The van der Waals surface area contributed by atoms with Gasteiger partial charge < -0.3 is 5.32 Å². The van der Waals surface area contributed by atoms with E-state index in [1.807, 2.05) is 48.0 Å². The van der Waals surface area contributed by atoms with Gasteiger partial charge in [0.2, 0.25) is 5.91 Å². The molecular weight excluding hydrogens is 358 g/mol. The number of aromatic nitrogens is 2. The van der Waals surface area contributed by atoms with Crippen molar-refractivity contribution in [2.75, 3.05) is 0 Å². The van der Waals surface area contributed by atoms with Crippen LogP contribution in [0.4, 0.5) is 0 Å². The molecule has 1 heterocycles. The van der Waals surface area contributed by atoms with Gasteiger partial charge in [-0.1, -0.05) is 74.5 Å². The van der Waals surface area contributed by atoms with Crippen molar-refractivity contribution in [3.8, 4) is 0 Å². The van der Waals surface area contributed by atoms with E-state index >= 15 is 0 Å². The average molecular weight is 390 g/mol. The van der Waals surface area contributed by atoms with E-state index in [9.17, 15) is 4.79 Å². The van der Waals surface area contributed by atoms with E-state index in [4.69, 9.17) is 0 Å². The second-order valence-electron chi connectivity index (χ2n) is 8.12. The zero-order chi connectivity index (χ0) is 20.8. The minimum Gasteiger partial charge on any atom is -0.349 e. The van der Waals surface area contributed by atoms with Gasteiger partial charge in [-0.15, -0.1) is 0 Å². The number of rotatable bonds is 8. The number of nitrogens with zero attached hydrogens (tertiary/aromatic N) is 2. The molecule has 0 fully saturated rings. The Balaban J connectivity index is 1.76. The molecule has 1 N–H and O–H groups in total. The standard InChI is InChI=1S/C25H31N3O/c1-18(2)17-28-20(4)23(19(3)27-28)16-25(29)26-24(22-13-9-6-10-14-22)15-21-11-7-5-8-12-21/h5-14,18,24H,15-17H2,1-4H3,(H,26,29). The molecule has 0 aliphatic carbocycles. The van der Waals surface area contributed by atoms with Crippen LogP contribution in [0.5, 0.6) is 0 Å². The van der Waals surface area contributed by atoms with Crippen molar-refractivity contribution >= 4 is 5.91 Å². The quantitative estimate of drug-likeness (QED) is 0.602. The van der Waals surface area contributed by atoms with Gasteiger partial charge in [-0.05, 0) is 37.3 Å². The summed E-state index contributed by atoms with van der Waals surface area (Å²) >= 11 is 0. The van der Waals surface area contributed by atoms with E-state index in [0.29, 0.717) is 12.3 Å². The normalized spacial score (nSPS) is 12.2. The van der Waals surface area contributed by atoms with Crippen molar-refractivity contribution in [1.29, 1.82) is 0 Å². The molecule has 0 aliphatic heterocycles. The molecular formula is C25H31N3O. The second kappa shape index (κ2) is 9.55. The molecule has 2 aromatic carbocycles. The SMILES string of the molecule is Cc1nn(CC(C)C)c(C)c1CC(=O)NC(Cc1ccccc1)c1ccccc1. The van der Waals surface area contributed by atoms with Gasteiger partial charge in [0.1, 0.15) is 0 Å². The van der Waals surface area contributed by atoms with Gasteiger partial charge in [0.05, 0.1) is 18.2 Å². The van der Waals surface area contributed by atoms with E-state index in [1.54, 1.807) is 0 Å². The third kappa shape index (κ3) is 5.57. The highest BCUT2D eigenvalue weighted by Crippen LogP contribution is 2.20. The minimum absolute atomic E-state index is 0.0325. The summed E-state index contributed by atoms with van der Waals surface area (Å²) in [6.07, 6.45) is 1.12. The number of aryl methyl sites for hydroxylation is 1. The molecule has 4 nitrogen and oxygen atoms in total. The molecule has 29 heavy (non-hydrogen) atoms. The Morgan fingerprint density at radius 2 is 1.62 bits per heavy atom. The first-order valence-corrected chi connectivity index (χ1v) is 10.3. The van der Waals surface area contributed by atoms with Crippen LogP contribution >= 0.6 is 0 Å². The summed E-state index contributed by atoms with van der Waals surface area (Å²) in [7, 11) is 0. The summed E-state index contributed by atoms with van der Waals surface area (Å²) in [4.78, 5) is 13.0. The van der Waals surface area contributed by atoms with Crippen LogP contribution in [0.15, 0.2) is 60.7 Å². The number of carbonyl (C=O) groups excluding carboxylic acids is 1. The molecule has 4 heteroatoms. The molecule has 0 radical (unpaired) electrons. The number of amides is 1. The van der Waals surface area contributed by atoms with E-state index in [2.05, 4.69) is 55.5 Å². The molecule has 1 amide bonds. The first-order valence-electron chi connectivity index (χ1n) is 10.3. The first-order chi connectivity index (χ1) is 13.9. The molecule has 3 rings (SSSR count). The molecule has 0 saturated heterocycles. The van der Waals surface area contributed by atoms with E-state index in [1.165, 1.54) is 5.56 Å². The van der Waals surface area contributed by atoms with Crippen LogP contribution < -0.4 is 5.32 Å². The number of hydrogen-bond acceptors (Lipinski definition) is 2. The fraction of sp³-hybridized carbons (Fsp3) is 0.360. The van der Waals surface area contributed by atoms with Crippen LogP contribution in [-0.4, -0.2) is 15.7 Å². The van der Waals surface area contributed by atoms with Gasteiger partial charge in [-0.2, -0.15) is 5.10 Å². The van der Waals surface area contributed by atoms with Crippen molar-refractivity contribution in [3.05, 3.63) is 88.7 Å². The monoisotopic (exact) mass is 389 g/mol. The lowest BCUT2D eigenvalue weighted by Crippen LogP contribution is -2.31. The van der Waals surface area contributed by atoms with Gasteiger partial charge in [0, 0.05) is 17.8 Å². The smallest absolute Gasteiger partial charge is 0.225 e. The highest BCUT2D eigenvalue weighted by atomic mass is 16.1. The number of carbonyl (C=O) groups is 1. The van der Waals surface area contributed by atoms with Crippen LogP contribution in [-0.2, 0) is 24.2 Å². The Morgan fingerprint density at radius 1 is 1.00 bits per heavy atom. The van der Waals surface area contributed by atoms with Gasteiger partial charge in [0.25, 0.3) is 0 Å². The Morgan fingerprint density at radius 3 is 2.24 bits per heavy atom. The number of hydrogen-bond donors (Lipinski definition) is 1. The van der Waals surface area contributed by atoms with Crippen LogP contribution in [0.2, 0.25) is 0 Å². The lowest BCUT2D eigenvalue weighted by Gasteiger charge is -2.20. The van der Waals surface area contributed by atoms with Crippen molar-refractivity contribution < 1.29 is 4.79 Å². The van der Waals surface area contributed by atoms with Crippen LogP contribution in [0.1, 0.15) is 48.0 Å². The van der Waals surface area contributed by atoms with Crippen LogP contribution in [0.3, 0.4) is 0 Å². The van der Waals surface area contributed by atoms with Gasteiger partial charge in [-0.25, -0.2) is 0 Å². The lowest BCUT2D eigenvalue weighted by atomic mass is 9.98. The highest BCUT2D eigenvalue weighted by molar-refractivity contribution is 5.79. The zero-order valence-electron chi connectivity index (χ0n) is 17.9. The molecule has 152 valence electrons. The molecule has 1 aromatic heterocycles. The Kier molecular flexibility index (Phi) is 6.86. The maximum atomic E-state index is 13.0. The van der Waals surface area contributed by atoms with E-state index in [-0.39, 0.29) is 11.9 Å². The lowest BCUT2D eigenvalue weighted by molar-refractivity contribution is -0.121. The van der Waals surface area contributed by atoms with Crippen molar-refractivity contribution in [2.24, 2.45) is 5.92 Å². The largest absolute Gasteiger partial charge is 0.349 e. The van der Waals surface area contributed by atoms with E-state index in [0.717, 1.165) is 35.5 Å². The molecule has 1 atom stereocenters. The summed E-state index contributed by atoms with van der Waals surface area (Å²) in [6, 6.07) is 20.4. The van der Waals surface area contributed by atoms with Crippen molar-refractivity contribution in [3.63, 3.8) is 0 Å². The summed E-state index contributed by atoms with van der Waals surface area (Å²) in [6.45, 7) is 9.28. The minimum atomic E-state index is -0.0579. The second-order valence-corrected chi connectivity index (χ2v) is 8.12. The van der Waals surface area contributed by atoms with E-state index < -0.39 is 0 Å². The summed E-state index contributed by atoms with van der Waals surface area (Å²) in [5, 5.41) is 7.90. The molecule has 0 bridgehead atoms. The Labute approximate surface area is 174 Å². The molecule has 1 unspecified atom stereocenters. The maximum Gasteiger partial charge on any atom is 0.225 e. The van der Waals surface area contributed by atoms with Crippen LogP contribution in [0.25, 0.3) is 0 Å². The topological polar surface area (TPSA) is 46.9 Å². The zero-order valence-corrected chi connectivity index (χ0v) is 17.9. The third-order valence-corrected chi connectivity index (χ3v) is 5.23. The molecule has 0 spiro atoms. The number of benzene rings is 2. The van der Waals surface area contributed by atoms with Crippen molar-refractivity contribution in [2.45, 2.75) is 53.1 Å². The van der Waals surface area contributed by atoms with Gasteiger partial charge in [-0.3, -0.25) is 9.48 Å². The third-order valence-electron chi connectivity index (χ3n) is 5.23. The fourth-order valence-electron chi connectivity index (χ4n) is 3.71. The molecule has 0 saturated carbocycles.